The molecule has 27 heavy (non-hydrogen) atoms. The Kier molecular flexibility index (Phi) is 5.27. The molecule has 3 rings (SSSR count). The lowest BCUT2D eigenvalue weighted by Crippen LogP contribution is -2.32. The number of carbonyl (C=O) groups is 2. The van der Waals surface area contributed by atoms with Crippen molar-refractivity contribution in [2.75, 3.05) is 10.6 Å². The van der Waals surface area contributed by atoms with Gasteiger partial charge in [-0.15, -0.1) is 11.8 Å². The first-order valence-corrected chi connectivity index (χ1v) is 10.6. The molecule has 4 N–H and O–H groups in total. The fraction of sp³-hybridized carbons (Fsp3) is 0.222. The van der Waals surface area contributed by atoms with Crippen LogP contribution in [0.15, 0.2) is 46.2 Å². The average Bonchev–Trinajstić information content (AvgIpc) is 2.58. The Balaban J connectivity index is 1.77. The minimum absolute atomic E-state index is 0.0388. The van der Waals surface area contributed by atoms with E-state index in [9.17, 15) is 18.0 Å². The number of nitrogens with one attached hydrogen (secondary N) is 2. The van der Waals surface area contributed by atoms with Crippen LogP contribution in [0.1, 0.15) is 17.5 Å². The van der Waals surface area contributed by atoms with Crippen molar-refractivity contribution in [1.82, 2.24) is 0 Å². The van der Waals surface area contributed by atoms with Crippen LogP contribution >= 0.6 is 11.8 Å². The van der Waals surface area contributed by atoms with Crippen LogP contribution in [0.2, 0.25) is 0 Å². The van der Waals surface area contributed by atoms with E-state index in [4.69, 9.17) is 5.14 Å². The maximum absolute atomic E-state index is 12.5. The van der Waals surface area contributed by atoms with Crippen molar-refractivity contribution < 1.29 is 18.0 Å². The molecule has 0 saturated carbocycles. The van der Waals surface area contributed by atoms with Crippen molar-refractivity contribution in [1.29, 1.82) is 0 Å². The van der Waals surface area contributed by atoms with Crippen molar-refractivity contribution >= 4 is 45.0 Å². The summed E-state index contributed by atoms with van der Waals surface area (Å²) in [5.41, 5.74) is 2.53. The van der Waals surface area contributed by atoms with Gasteiger partial charge in [0, 0.05) is 17.0 Å². The molecule has 0 aromatic heterocycles. The molecule has 1 atom stereocenters. The second-order valence-electron chi connectivity index (χ2n) is 6.30. The molecule has 0 fully saturated rings. The number of para-hydroxylation sites is 1. The molecule has 0 unspecified atom stereocenters. The number of rotatable bonds is 4. The topological polar surface area (TPSA) is 118 Å². The normalized spacial score (nSPS) is 16.4. The number of hydrogen-bond acceptors (Lipinski definition) is 5. The third-order valence-electron chi connectivity index (χ3n) is 4.32. The third kappa shape index (κ3) is 4.32. The summed E-state index contributed by atoms with van der Waals surface area (Å²) in [6.45, 7) is 3.51. The fourth-order valence-electron chi connectivity index (χ4n) is 2.72. The molecule has 7 nitrogen and oxygen atoms in total. The van der Waals surface area contributed by atoms with E-state index in [1.54, 1.807) is 19.9 Å². The first kappa shape index (κ1) is 19.4. The van der Waals surface area contributed by atoms with Gasteiger partial charge in [-0.1, -0.05) is 12.1 Å². The summed E-state index contributed by atoms with van der Waals surface area (Å²) in [5.74, 6) is -0.615. The Morgan fingerprint density at radius 2 is 1.96 bits per heavy atom. The molecular weight excluding hydrogens is 386 g/mol. The molecule has 0 spiro atoms. The van der Waals surface area contributed by atoms with Crippen molar-refractivity contribution in [3.63, 3.8) is 0 Å². The summed E-state index contributed by atoms with van der Waals surface area (Å²) < 4.78 is 23.2. The van der Waals surface area contributed by atoms with E-state index in [0.717, 1.165) is 16.1 Å². The Hall–Kier alpha value is -2.36. The van der Waals surface area contributed by atoms with Gasteiger partial charge < -0.3 is 10.6 Å². The number of amides is 2. The van der Waals surface area contributed by atoms with Crippen LogP contribution in [0.5, 0.6) is 0 Å². The number of primary sulfonamides is 1. The number of carbonyl (C=O) groups excluding carboxylic acids is 2. The second-order valence-corrected chi connectivity index (χ2v) is 9.11. The van der Waals surface area contributed by atoms with Gasteiger partial charge in [-0.05, 0) is 49.2 Å². The molecule has 1 heterocycles. The quantitative estimate of drug-likeness (QED) is 0.722. The average molecular weight is 406 g/mol. The van der Waals surface area contributed by atoms with Gasteiger partial charge in [-0.25, -0.2) is 13.6 Å². The molecule has 2 aromatic carbocycles. The van der Waals surface area contributed by atoms with Crippen LogP contribution in [0.3, 0.4) is 0 Å². The van der Waals surface area contributed by atoms with Crippen LogP contribution in [-0.2, 0) is 19.6 Å². The monoisotopic (exact) mass is 405 g/mol. The Bertz CT molecular complexity index is 1030. The summed E-state index contributed by atoms with van der Waals surface area (Å²) in [5, 5.41) is 10.1. The van der Waals surface area contributed by atoms with Crippen molar-refractivity contribution in [3.05, 3.63) is 47.5 Å². The zero-order valence-electron chi connectivity index (χ0n) is 14.8. The van der Waals surface area contributed by atoms with Gasteiger partial charge in [0.2, 0.25) is 21.8 Å². The highest BCUT2D eigenvalue weighted by molar-refractivity contribution is 8.01. The number of nitrogens with two attached hydrogens (primary N) is 1. The standard InChI is InChI=1S/C18H19N3O4S2/c1-10-7-12(27(19,24)25)8-14(11(10)2)20-17(22)9-16-18(23)21-13-5-3-4-6-15(13)26-16/h3-8,16H,9H2,1-2H3,(H,20,22)(H,21,23)(H2,19,24,25)/t16-/m0/s1. The number of thioether (sulfide) groups is 1. The summed E-state index contributed by atoms with van der Waals surface area (Å²) in [6, 6.07) is 10.2. The van der Waals surface area contributed by atoms with Gasteiger partial charge in [-0.2, -0.15) is 0 Å². The molecule has 1 aliphatic heterocycles. The van der Waals surface area contributed by atoms with Gasteiger partial charge in [0.25, 0.3) is 0 Å². The Labute approximate surface area is 161 Å². The van der Waals surface area contributed by atoms with Gasteiger partial charge in [0.05, 0.1) is 15.8 Å². The van der Waals surface area contributed by atoms with E-state index in [1.165, 1.54) is 23.9 Å². The summed E-state index contributed by atoms with van der Waals surface area (Å²) in [7, 11) is -3.89. The molecule has 0 saturated heterocycles. The van der Waals surface area contributed by atoms with Crippen LogP contribution < -0.4 is 15.8 Å². The van der Waals surface area contributed by atoms with E-state index in [0.29, 0.717) is 11.3 Å². The largest absolute Gasteiger partial charge is 0.326 e. The minimum Gasteiger partial charge on any atom is -0.326 e. The lowest BCUT2D eigenvalue weighted by atomic mass is 10.1. The number of hydrogen-bond donors (Lipinski definition) is 3. The van der Waals surface area contributed by atoms with E-state index < -0.39 is 15.3 Å². The van der Waals surface area contributed by atoms with Crippen LogP contribution in [0.4, 0.5) is 11.4 Å². The molecule has 9 heteroatoms. The maximum atomic E-state index is 12.5. The van der Waals surface area contributed by atoms with Crippen LogP contribution in [0.25, 0.3) is 0 Å². The maximum Gasteiger partial charge on any atom is 0.238 e. The van der Waals surface area contributed by atoms with E-state index in [2.05, 4.69) is 10.6 Å². The summed E-state index contributed by atoms with van der Waals surface area (Å²) in [4.78, 5) is 25.6. The third-order valence-corrected chi connectivity index (χ3v) is 6.49. The van der Waals surface area contributed by atoms with Crippen LogP contribution in [-0.4, -0.2) is 25.5 Å². The molecule has 0 radical (unpaired) electrons. The second kappa shape index (κ2) is 7.34. The molecule has 2 aromatic rings. The van der Waals surface area contributed by atoms with Crippen molar-refractivity contribution in [3.8, 4) is 0 Å². The molecular formula is C18H19N3O4S2. The lowest BCUT2D eigenvalue weighted by molar-refractivity contribution is -0.120. The predicted molar refractivity (Wildman–Crippen MR) is 105 cm³/mol. The number of benzene rings is 2. The Morgan fingerprint density at radius 1 is 1.26 bits per heavy atom. The van der Waals surface area contributed by atoms with E-state index in [1.807, 2.05) is 18.2 Å². The zero-order valence-corrected chi connectivity index (χ0v) is 16.4. The minimum atomic E-state index is -3.89. The molecule has 142 valence electrons. The van der Waals surface area contributed by atoms with Gasteiger partial charge in [0.1, 0.15) is 0 Å². The molecule has 0 bridgehead atoms. The van der Waals surface area contributed by atoms with Crippen molar-refractivity contribution in [2.24, 2.45) is 5.14 Å². The van der Waals surface area contributed by atoms with Gasteiger partial charge in [-0.3, -0.25) is 9.59 Å². The first-order valence-electron chi connectivity index (χ1n) is 8.15. The zero-order chi connectivity index (χ0) is 19.8. The lowest BCUT2D eigenvalue weighted by Gasteiger charge is -2.23. The number of sulfonamides is 1. The smallest absolute Gasteiger partial charge is 0.238 e. The van der Waals surface area contributed by atoms with Gasteiger partial charge in [0.15, 0.2) is 0 Å². The summed E-state index contributed by atoms with van der Waals surface area (Å²) >= 11 is 1.33. The number of fused-ring (bicyclic) bond motifs is 1. The molecule has 1 aliphatic rings. The highest BCUT2D eigenvalue weighted by atomic mass is 32.2. The summed E-state index contributed by atoms with van der Waals surface area (Å²) in [6.07, 6.45) is -0.0388. The predicted octanol–water partition coefficient (Wildman–Crippen LogP) is 2.39. The molecule has 2 amide bonds. The SMILES string of the molecule is Cc1cc(S(N)(=O)=O)cc(NC(=O)C[C@@H]2Sc3ccccc3NC2=O)c1C. The van der Waals surface area contributed by atoms with Crippen LogP contribution in [0, 0.1) is 13.8 Å². The number of aryl methyl sites for hydroxylation is 1. The van der Waals surface area contributed by atoms with Gasteiger partial charge >= 0.3 is 0 Å². The van der Waals surface area contributed by atoms with E-state index in [-0.39, 0.29) is 23.1 Å². The molecule has 0 aliphatic carbocycles. The van der Waals surface area contributed by atoms with Crippen molar-refractivity contribution in [2.45, 2.75) is 35.3 Å². The highest BCUT2D eigenvalue weighted by Gasteiger charge is 2.29. The number of anilines is 2. The Morgan fingerprint density at radius 3 is 2.67 bits per heavy atom. The highest BCUT2D eigenvalue weighted by Crippen LogP contribution is 2.36. The first-order chi connectivity index (χ1) is 12.6. The van der Waals surface area contributed by atoms with E-state index >= 15 is 0 Å². The fourth-order valence-corrected chi connectivity index (χ4v) is 4.45.